The van der Waals surface area contributed by atoms with E-state index >= 15 is 0 Å². The summed E-state index contributed by atoms with van der Waals surface area (Å²) in [6.07, 6.45) is -0.526. The highest BCUT2D eigenvalue weighted by Gasteiger charge is 2.52. The number of hydrogen-bond donors (Lipinski definition) is 1. The lowest BCUT2D eigenvalue weighted by Gasteiger charge is -2.42. The van der Waals surface area contributed by atoms with Gasteiger partial charge in [0, 0.05) is 17.5 Å². The minimum Gasteiger partial charge on any atom is -0.356 e. The molecule has 14 nitrogen and oxygen atoms in total. The van der Waals surface area contributed by atoms with E-state index in [0.29, 0.717) is 11.8 Å². The molecule has 182 valence electrons. The molecule has 1 N–H and O–H groups in total. The molecule has 0 spiro atoms. The van der Waals surface area contributed by atoms with E-state index in [9.17, 15) is 35.1 Å². The van der Waals surface area contributed by atoms with Crippen molar-refractivity contribution in [3.05, 3.63) is 30.3 Å². The predicted octanol–water partition coefficient (Wildman–Crippen LogP) is 2.35. The monoisotopic (exact) mass is 498 g/mol. The molecule has 1 aliphatic carbocycles. The normalized spacial score (nSPS) is 29.7. The second kappa shape index (κ2) is 12.1. The number of hydrogen-bond acceptors (Lipinski definition) is 12. The molecular weight excluding hydrogens is 472 g/mol. The number of rotatable bonds is 13. The van der Waals surface area contributed by atoms with E-state index in [1.807, 2.05) is 21.6 Å². The quantitative estimate of drug-likeness (QED) is 0.169. The van der Waals surface area contributed by atoms with Gasteiger partial charge in [0.15, 0.2) is 6.10 Å². The number of nitrogens with one attached hydrogen (secondary N) is 1. The highest BCUT2D eigenvalue weighted by Crippen LogP contribution is 2.41. The van der Waals surface area contributed by atoms with Gasteiger partial charge >= 0.3 is 0 Å². The van der Waals surface area contributed by atoms with Crippen LogP contribution in [0.1, 0.15) is 51.9 Å². The Morgan fingerprint density at radius 3 is 2.09 bits per heavy atom. The zero-order chi connectivity index (χ0) is 23.7. The number of unbranched alkanes of at least 4 members (excludes halogenated alkanes) is 2. The molecule has 1 saturated heterocycles. The second-order valence-corrected chi connectivity index (χ2v) is 10.7. The number of amides is 1. The van der Waals surface area contributed by atoms with Gasteiger partial charge in [-0.25, -0.2) is 0 Å². The summed E-state index contributed by atoms with van der Waals surface area (Å²) in [5.41, 5.74) is -1.35. The van der Waals surface area contributed by atoms with Gasteiger partial charge in [-0.3, -0.25) is 4.79 Å². The summed E-state index contributed by atoms with van der Waals surface area (Å²) in [6.45, 7) is 1.82. The Hall–Kier alpha value is -2.23. The predicted molar refractivity (Wildman–Crippen MR) is 113 cm³/mol. The van der Waals surface area contributed by atoms with Crippen LogP contribution >= 0.6 is 21.6 Å². The summed E-state index contributed by atoms with van der Waals surface area (Å²) in [7, 11) is 3.81. The summed E-state index contributed by atoms with van der Waals surface area (Å²) >= 11 is 0. The Morgan fingerprint density at radius 1 is 1.00 bits per heavy atom. The molecule has 0 bridgehead atoms. The maximum Gasteiger partial charge on any atom is 0.294 e. The molecule has 3 atom stereocenters. The van der Waals surface area contributed by atoms with Gasteiger partial charge in [-0.2, -0.15) is 0 Å². The third kappa shape index (κ3) is 8.03. The topological polar surface area (TPSA) is 186 Å². The third-order valence-corrected chi connectivity index (χ3v) is 8.46. The molecule has 16 heteroatoms. The third-order valence-electron chi connectivity index (χ3n) is 5.45. The summed E-state index contributed by atoms with van der Waals surface area (Å²) in [5, 5.41) is 32.3. The van der Waals surface area contributed by atoms with Gasteiger partial charge in [-0.1, -0.05) is 41.4 Å². The van der Waals surface area contributed by atoms with Crippen molar-refractivity contribution in [2.24, 2.45) is 5.41 Å². The number of carbonyl (C=O) groups is 1. The SMILES string of the molecule is CC1(C(=O)NCCCCCC2CCSS2)CC(O[N+](=O)[O-])C(O[N+](=O)[O-])C(O[N+](=O)[O-])C1. The zero-order valence-electron chi connectivity index (χ0n) is 17.4. The van der Waals surface area contributed by atoms with Crippen molar-refractivity contribution in [1.29, 1.82) is 0 Å². The fourth-order valence-electron chi connectivity index (χ4n) is 3.93. The summed E-state index contributed by atoms with van der Waals surface area (Å²) < 4.78 is 0. The Bertz CT molecular complexity index is 668. The molecule has 2 fully saturated rings. The van der Waals surface area contributed by atoms with Crippen LogP contribution in [0, 0.1) is 35.8 Å². The fourth-order valence-corrected chi connectivity index (χ4v) is 6.96. The van der Waals surface area contributed by atoms with Gasteiger partial charge in [0.2, 0.25) is 5.91 Å². The Labute approximate surface area is 191 Å². The smallest absolute Gasteiger partial charge is 0.294 e. The van der Waals surface area contributed by atoms with Gasteiger partial charge in [-0.15, -0.1) is 30.3 Å². The van der Waals surface area contributed by atoms with Gasteiger partial charge in [-0.05, 0) is 32.1 Å². The molecule has 0 aromatic heterocycles. The molecule has 0 aromatic carbocycles. The lowest BCUT2D eigenvalue weighted by Crippen LogP contribution is -2.57. The van der Waals surface area contributed by atoms with Crippen molar-refractivity contribution >= 4 is 27.5 Å². The van der Waals surface area contributed by atoms with E-state index in [-0.39, 0.29) is 12.8 Å². The molecule has 0 radical (unpaired) electrons. The van der Waals surface area contributed by atoms with Gasteiger partial charge in [0.25, 0.3) is 15.3 Å². The Kier molecular flexibility index (Phi) is 9.86. The number of carbonyl (C=O) groups excluding carboxylic acids is 1. The molecular formula is C16H26N4O10S2. The van der Waals surface area contributed by atoms with E-state index in [2.05, 4.69) is 19.8 Å². The average molecular weight is 499 g/mol. The Morgan fingerprint density at radius 2 is 1.59 bits per heavy atom. The fraction of sp³-hybridized carbons (Fsp3) is 0.938. The van der Waals surface area contributed by atoms with Crippen molar-refractivity contribution in [1.82, 2.24) is 5.32 Å². The maximum atomic E-state index is 12.8. The van der Waals surface area contributed by atoms with Crippen LogP contribution in [-0.4, -0.2) is 57.0 Å². The molecule has 3 unspecified atom stereocenters. The first kappa shape index (κ1) is 26.0. The van der Waals surface area contributed by atoms with Crippen LogP contribution < -0.4 is 5.32 Å². The summed E-state index contributed by atoms with van der Waals surface area (Å²) in [5.74, 6) is 0.688. The van der Waals surface area contributed by atoms with Crippen molar-refractivity contribution in [3.8, 4) is 0 Å². The largest absolute Gasteiger partial charge is 0.356 e. The first-order chi connectivity index (χ1) is 15.1. The van der Waals surface area contributed by atoms with E-state index in [0.717, 1.165) is 25.7 Å². The first-order valence-electron chi connectivity index (χ1n) is 10.1. The van der Waals surface area contributed by atoms with Gasteiger partial charge in [0.1, 0.15) is 12.2 Å². The van der Waals surface area contributed by atoms with Crippen LogP contribution in [0.25, 0.3) is 0 Å². The van der Waals surface area contributed by atoms with Crippen molar-refractivity contribution in [2.75, 3.05) is 12.3 Å². The van der Waals surface area contributed by atoms with Crippen LogP contribution in [0.15, 0.2) is 0 Å². The molecule has 1 heterocycles. The average Bonchev–Trinajstić information content (AvgIpc) is 3.19. The van der Waals surface area contributed by atoms with Crippen molar-refractivity contribution in [3.63, 3.8) is 0 Å². The molecule has 2 rings (SSSR count). The van der Waals surface area contributed by atoms with Crippen molar-refractivity contribution in [2.45, 2.75) is 75.4 Å². The Balaban J connectivity index is 1.94. The van der Waals surface area contributed by atoms with Gasteiger partial charge in [0.05, 0.1) is 5.41 Å². The minimum absolute atomic E-state index is 0.313. The van der Waals surface area contributed by atoms with E-state index in [1.54, 1.807) is 0 Å². The summed E-state index contributed by atoms with van der Waals surface area (Å²) in [4.78, 5) is 58.6. The molecule has 1 amide bonds. The molecule has 1 aliphatic heterocycles. The highest BCUT2D eigenvalue weighted by atomic mass is 33.1. The first-order valence-corrected chi connectivity index (χ1v) is 12.5. The lowest BCUT2D eigenvalue weighted by molar-refractivity contribution is -0.819. The molecule has 0 aromatic rings. The molecule has 32 heavy (non-hydrogen) atoms. The number of nitrogens with zero attached hydrogens (tertiary/aromatic N) is 3. The second-order valence-electron chi connectivity index (χ2n) is 7.93. The molecule has 1 saturated carbocycles. The lowest BCUT2D eigenvalue weighted by atomic mass is 9.71. The summed E-state index contributed by atoms with van der Waals surface area (Å²) in [6, 6.07) is 0. The van der Waals surface area contributed by atoms with Crippen LogP contribution in [-0.2, 0) is 19.3 Å². The standard InChI is InChI=1S/C16H26N4O10S2/c1-16(15(21)17-7-4-2-3-5-11-6-8-31-32-11)9-12(28-18(22)23)14(30-20(26)27)13(10-16)29-19(24)25/h11-14H,2-10H2,1H3,(H,17,21). The van der Waals surface area contributed by atoms with E-state index < -0.39 is 44.9 Å². The van der Waals surface area contributed by atoms with E-state index in [1.165, 1.54) is 19.1 Å². The zero-order valence-corrected chi connectivity index (χ0v) is 19.0. The maximum absolute atomic E-state index is 12.8. The van der Waals surface area contributed by atoms with Crippen molar-refractivity contribution < 1.29 is 34.6 Å². The molecule has 2 aliphatic rings. The van der Waals surface area contributed by atoms with E-state index in [4.69, 9.17) is 0 Å². The minimum atomic E-state index is -1.74. The van der Waals surface area contributed by atoms with Crippen LogP contribution in [0.3, 0.4) is 0 Å². The highest BCUT2D eigenvalue weighted by molar-refractivity contribution is 8.77. The van der Waals surface area contributed by atoms with Crippen LogP contribution in [0.5, 0.6) is 0 Å². The van der Waals surface area contributed by atoms with Crippen LogP contribution in [0.2, 0.25) is 0 Å². The van der Waals surface area contributed by atoms with Gasteiger partial charge < -0.3 is 19.8 Å². The van der Waals surface area contributed by atoms with Crippen LogP contribution in [0.4, 0.5) is 0 Å².